The van der Waals surface area contributed by atoms with Crippen molar-refractivity contribution in [1.82, 2.24) is 14.5 Å². The maximum Gasteiger partial charge on any atom is 0.247 e. The van der Waals surface area contributed by atoms with Crippen LogP contribution in [-0.2, 0) is 26.2 Å². The van der Waals surface area contributed by atoms with E-state index in [1.165, 1.54) is 4.90 Å². The van der Waals surface area contributed by atoms with E-state index in [9.17, 15) is 18.0 Å². The van der Waals surface area contributed by atoms with Crippen LogP contribution in [0.1, 0.15) is 30.4 Å². The minimum atomic E-state index is -3.58. The molecule has 1 unspecified atom stereocenters. The summed E-state index contributed by atoms with van der Waals surface area (Å²) in [7, 11) is -3.58. The summed E-state index contributed by atoms with van der Waals surface area (Å²) in [5.41, 5.74) is 1.82. The van der Waals surface area contributed by atoms with Crippen LogP contribution in [-0.4, -0.2) is 55.2 Å². The highest BCUT2D eigenvalue weighted by Gasteiger charge is 2.42. The topological polar surface area (TPSA) is 86.8 Å². The fourth-order valence-electron chi connectivity index (χ4n) is 4.28. The Hall–Kier alpha value is -2.55. The maximum atomic E-state index is 12.9. The molecule has 2 amide bonds. The van der Waals surface area contributed by atoms with E-state index in [4.69, 9.17) is 0 Å². The quantitative estimate of drug-likeness (QED) is 0.694. The van der Waals surface area contributed by atoms with Crippen LogP contribution >= 0.6 is 0 Å². The van der Waals surface area contributed by atoms with Crippen molar-refractivity contribution in [3.05, 3.63) is 65.7 Å². The monoisotopic (exact) mass is 441 g/mol. The molecule has 164 valence electrons. The molecule has 0 radical (unpaired) electrons. The van der Waals surface area contributed by atoms with Gasteiger partial charge in [-0.2, -0.15) is 0 Å². The number of carbonyl (C=O) groups is 2. The highest BCUT2D eigenvalue weighted by molar-refractivity contribution is 7.89. The molecular formula is C23H27N3O4S. The molecule has 1 atom stereocenters. The van der Waals surface area contributed by atoms with Crippen molar-refractivity contribution < 1.29 is 18.0 Å². The first-order chi connectivity index (χ1) is 14.8. The molecule has 2 saturated heterocycles. The molecule has 4 rings (SSSR count). The molecule has 2 aromatic rings. The number of imide groups is 1. The third kappa shape index (κ3) is 4.87. The number of likely N-dealkylation sites (tertiary alicyclic amines) is 2. The Kier molecular flexibility index (Phi) is 6.22. The predicted molar refractivity (Wildman–Crippen MR) is 116 cm³/mol. The Balaban J connectivity index is 1.34. The van der Waals surface area contributed by atoms with Gasteiger partial charge in [0.2, 0.25) is 21.8 Å². The van der Waals surface area contributed by atoms with Gasteiger partial charge in [0.1, 0.15) is 0 Å². The Labute approximate surface area is 183 Å². The van der Waals surface area contributed by atoms with Gasteiger partial charge in [-0.05, 0) is 43.0 Å². The van der Waals surface area contributed by atoms with E-state index in [1.54, 1.807) is 18.2 Å². The lowest BCUT2D eigenvalue weighted by atomic mass is 10.0. The number of hydrogen-bond donors (Lipinski definition) is 1. The zero-order chi connectivity index (χ0) is 22.0. The van der Waals surface area contributed by atoms with E-state index < -0.39 is 16.1 Å². The van der Waals surface area contributed by atoms with Crippen LogP contribution in [0.3, 0.4) is 0 Å². The number of rotatable bonds is 6. The number of piperidine rings is 1. The van der Waals surface area contributed by atoms with Crippen LogP contribution < -0.4 is 4.72 Å². The number of sulfonamides is 1. The molecule has 0 bridgehead atoms. The average Bonchev–Trinajstić information content (AvgIpc) is 3.03. The summed E-state index contributed by atoms with van der Waals surface area (Å²) in [6.07, 6.45) is 1.38. The van der Waals surface area contributed by atoms with Crippen LogP contribution in [0.4, 0.5) is 0 Å². The number of nitrogens with zero attached hydrogens (tertiary/aromatic N) is 2. The van der Waals surface area contributed by atoms with Crippen molar-refractivity contribution in [2.24, 2.45) is 0 Å². The van der Waals surface area contributed by atoms with Gasteiger partial charge in [-0.3, -0.25) is 19.4 Å². The fourth-order valence-corrected chi connectivity index (χ4v) is 5.69. The van der Waals surface area contributed by atoms with Crippen LogP contribution in [0, 0.1) is 6.92 Å². The van der Waals surface area contributed by atoms with Gasteiger partial charge in [-0.1, -0.05) is 42.5 Å². The molecule has 31 heavy (non-hydrogen) atoms. The van der Waals surface area contributed by atoms with Gasteiger partial charge >= 0.3 is 0 Å². The highest BCUT2D eigenvalue weighted by Crippen LogP contribution is 2.25. The first-order valence-corrected chi connectivity index (χ1v) is 12.0. The normalized spacial score (nSPS) is 21.1. The number of nitrogens with one attached hydrogen (secondary N) is 1. The molecule has 0 spiro atoms. The zero-order valence-electron chi connectivity index (χ0n) is 17.5. The SMILES string of the molecule is Cc1cccc(S(=O)(=O)NC2CCN(C3CC(=O)N(Cc4ccccc4)C3=O)CC2)c1. The Morgan fingerprint density at radius 1 is 1.00 bits per heavy atom. The van der Waals surface area contributed by atoms with E-state index >= 15 is 0 Å². The average molecular weight is 442 g/mol. The van der Waals surface area contributed by atoms with Crippen LogP contribution in [0.5, 0.6) is 0 Å². The third-order valence-electron chi connectivity index (χ3n) is 6.00. The predicted octanol–water partition coefficient (Wildman–Crippen LogP) is 2.07. The number of aryl methyl sites for hydroxylation is 1. The first-order valence-electron chi connectivity index (χ1n) is 10.5. The van der Waals surface area contributed by atoms with E-state index in [0.717, 1.165) is 11.1 Å². The lowest BCUT2D eigenvalue weighted by Gasteiger charge is -2.34. The molecule has 8 heteroatoms. The van der Waals surface area contributed by atoms with Crippen molar-refractivity contribution in [2.45, 2.75) is 49.7 Å². The molecule has 0 saturated carbocycles. The Bertz CT molecular complexity index is 1060. The fraction of sp³-hybridized carbons (Fsp3) is 0.391. The summed E-state index contributed by atoms with van der Waals surface area (Å²) in [5.74, 6) is -0.311. The maximum absolute atomic E-state index is 12.9. The number of carbonyl (C=O) groups excluding carboxylic acids is 2. The van der Waals surface area contributed by atoms with Crippen molar-refractivity contribution in [2.75, 3.05) is 13.1 Å². The van der Waals surface area contributed by atoms with E-state index in [0.29, 0.717) is 32.5 Å². The standard InChI is InChI=1S/C23H27N3O4S/c1-17-6-5-9-20(14-17)31(29,30)24-19-10-12-25(13-11-19)21-15-22(27)26(23(21)28)16-18-7-3-2-4-8-18/h2-9,14,19,21,24H,10-13,15-16H2,1H3. The molecule has 0 aromatic heterocycles. The Morgan fingerprint density at radius 2 is 1.71 bits per heavy atom. The van der Waals surface area contributed by atoms with Crippen molar-refractivity contribution in [3.63, 3.8) is 0 Å². The molecule has 2 fully saturated rings. The van der Waals surface area contributed by atoms with Gasteiger partial charge in [-0.25, -0.2) is 13.1 Å². The highest BCUT2D eigenvalue weighted by atomic mass is 32.2. The van der Waals surface area contributed by atoms with Gasteiger partial charge < -0.3 is 0 Å². The second-order valence-electron chi connectivity index (χ2n) is 8.27. The van der Waals surface area contributed by atoms with Gasteiger partial charge in [0.05, 0.1) is 23.9 Å². The van der Waals surface area contributed by atoms with Crippen LogP contribution in [0.15, 0.2) is 59.5 Å². The van der Waals surface area contributed by atoms with E-state index in [2.05, 4.69) is 4.72 Å². The second-order valence-corrected chi connectivity index (χ2v) is 9.99. The summed E-state index contributed by atoms with van der Waals surface area (Å²) in [5, 5.41) is 0. The summed E-state index contributed by atoms with van der Waals surface area (Å²) in [6, 6.07) is 15.7. The summed E-state index contributed by atoms with van der Waals surface area (Å²) < 4.78 is 28.1. The summed E-state index contributed by atoms with van der Waals surface area (Å²) in [6.45, 7) is 3.30. The van der Waals surface area contributed by atoms with Gasteiger partial charge in [0.15, 0.2) is 0 Å². The van der Waals surface area contributed by atoms with E-state index in [-0.39, 0.29) is 29.2 Å². The van der Waals surface area contributed by atoms with Gasteiger partial charge in [-0.15, -0.1) is 0 Å². The molecule has 2 aromatic carbocycles. The van der Waals surface area contributed by atoms with Crippen molar-refractivity contribution in [3.8, 4) is 0 Å². The smallest absolute Gasteiger partial charge is 0.247 e. The molecule has 2 aliphatic heterocycles. The van der Waals surface area contributed by atoms with E-state index in [1.807, 2.05) is 48.2 Å². The molecule has 2 heterocycles. The van der Waals surface area contributed by atoms with Crippen molar-refractivity contribution >= 4 is 21.8 Å². The second kappa shape index (κ2) is 8.90. The molecule has 0 aliphatic carbocycles. The molecule has 1 N–H and O–H groups in total. The number of amides is 2. The third-order valence-corrected chi connectivity index (χ3v) is 7.51. The van der Waals surface area contributed by atoms with Crippen LogP contribution in [0.25, 0.3) is 0 Å². The lowest BCUT2D eigenvalue weighted by molar-refractivity contribution is -0.140. The van der Waals surface area contributed by atoms with Gasteiger partial charge in [0, 0.05) is 19.1 Å². The largest absolute Gasteiger partial charge is 0.291 e. The van der Waals surface area contributed by atoms with Gasteiger partial charge in [0.25, 0.3) is 0 Å². The minimum absolute atomic E-state index is 0.152. The molecule has 2 aliphatic rings. The number of hydrogen-bond acceptors (Lipinski definition) is 5. The Morgan fingerprint density at radius 3 is 2.39 bits per heavy atom. The van der Waals surface area contributed by atoms with Crippen LogP contribution in [0.2, 0.25) is 0 Å². The first kappa shape index (κ1) is 21.7. The zero-order valence-corrected chi connectivity index (χ0v) is 18.3. The van der Waals surface area contributed by atoms with Crippen molar-refractivity contribution in [1.29, 1.82) is 0 Å². The summed E-state index contributed by atoms with van der Waals surface area (Å²) >= 11 is 0. The minimum Gasteiger partial charge on any atom is -0.291 e. The lowest BCUT2D eigenvalue weighted by Crippen LogP contribution is -2.50. The molecule has 7 nitrogen and oxygen atoms in total. The summed E-state index contributed by atoms with van der Waals surface area (Å²) in [4.78, 5) is 29.0. The number of benzene rings is 2. The molecular weight excluding hydrogens is 414 g/mol.